The number of hydrogen-bond donors (Lipinski definition) is 1. The minimum Gasteiger partial charge on any atom is -0.355 e. The van der Waals surface area contributed by atoms with Crippen LogP contribution in [-0.2, 0) is 7.05 Å². The number of hydrogen-bond acceptors (Lipinski definition) is 2. The minimum absolute atomic E-state index is 0.174. The number of carbonyl (C=O) groups excluding carboxylic acids is 1. The Hall–Kier alpha value is -2.10. The molecule has 0 aliphatic heterocycles. The summed E-state index contributed by atoms with van der Waals surface area (Å²) >= 11 is 0. The molecule has 0 fully saturated rings. The SMILES string of the molecule is CNC(=O)c1cn(C)c2ccc(C)cc2c1=O. The molecule has 1 heterocycles. The van der Waals surface area contributed by atoms with Gasteiger partial charge in [0.1, 0.15) is 5.56 Å². The number of nitrogens with one attached hydrogen (secondary N) is 1. The molecule has 0 aliphatic rings. The first kappa shape index (κ1) is 11.4. The van der Waals surface area contributed by atoms with Crippen LogP contribution in [0.25, 0.3) is 10.9 Å². The predicted octanol–water partition coefficient (Wildman–Crippen LogP) is 1.21. The van der Waals surface area contributed by atoms with Crippen LogP contribution in [0, 0.1) is 6.92 Å². The summed E-state index contributed by atoms with van der Waals surface area (Å²) in [7, 11) is 3.34. The maximum absolute atomic E-state index is 12.2. The largest absolute Gasteiger partial charge is 0.355 e. The predicted molar refractivity (Wildman–Crippen MR) is 67.3 cm³/mol. The zero-order chi connectivity index (χ0) is 12.6. The van der Waals surface area contributed by atoms with E-state index in [0.29, 0.717) is 5.39 Å². The number of aromatic nitrogens is 1. The first-order valence-electron chi connectivity index (χ1n) is 5.36. The van der Waals surface area contributed by atoms with Crippen LogP contribution in [0.2, 0.25) is 0 Å². The molecule has 0 aliphatic carbocycles. The lowest BCUT2D eigenvalue weighted by molar-refractivity contribution is 0.0961. The van der Waals surface area contributed by atoms with Crippen molar-refractivity contribution in [2.45, 2.75) is 6.92 Å². The first-order chi connectivity index (χ1) is 8.04. The fourth-order valence-electron chi connectivity index (χ4n) is 1.90. The van der Waals surface area contributed by atoms with Crippen LogP contribution < -0.4 is 10.7 Å². The van der Waals surface area contributed by atoms with Gasteiger partial charge in [-0.15, -0.1) is 0 Å². The van der Waals surface area contributed by atoms with E-state index in [-0.39, 0.29) is 16.9 Å². The molecule has 0 unspecified atom stereocenters. The lowest BCUT2D eigenvalue weighted by atomic mass is 10.1. The molecule has 4 nitrogen and oxygen atoms in total. The smallest absolute Gasteiger partial charge is 0.256 e. The summed E-state index contributed by atoms with van der Waals surface area (Å²) in [6, 6.07) is 5.64. The molecule has 0 radical (unpaired) electrons. The third-order valence-corrected chi connectivity index (χ3v) is 2.82. The van der Waals surface area contributed by atoms with E-state index in [4.69, 9.17) is 0 Å². The Balaban J connectivity index is 2.88. The Morgan fingerprint density at radius 3 is 2.71 bits per heavy atom. The lowest BCUT2D eigenvalue weighted by Crippen LogP contribution is -2.26. The highest BCUT2D eigenvalue weighted by Gasteiger charge is 2.12. The summed E-state index contributed by atoms with van der Waals surface area (Å²) in [5.74, 6) is -0.353. The topological polar surface area (TPSA) is 51.1 Å². The standard InChI is InChI=1S/C13H14N2O2/c1-8-4-5-11-9(6-8)12(16)10(7-15(11)3)13(17)14-2/h4-7H,1-3H3,(H,14,17). The number of aryl methyl sites for hydroxylation is 2. The highest BCUT2D eigenvalue weighted by Crippen LogP contribution is 2.12. The third kappa shape index (κ3) is 1.82. The molecule has 0 atom stereocenters. The molecule has 0 saturated carbocycles. The second kappa shape index (κ2) is 4.05. The fourth-order valence-corrected chi connectivity index (χ4v) is 1.90. The van der Waals surface area contributed by atoms with Gasteiger partial charge in [0, 0.05) is 25.7 Å². The van der Waals surface area contributed by atoms with Gasteiger partial charge in [-0.2, -0.15) is 0 Å². The molecule has 1 aromatic heterocycles. The summed E-state index contributed by atoms with van der Waals surface area (Å²) in [6.07, 6.45) is 1.57. The van der Waals surface area contributed by atoms with Crippen molar-refractivity contribution in [1.82, 2.24) is 9.88 Å². The van der Waals surface area contributed by atoms with Crippen molar-refractivity contribution < 1.29 is 4.79 Å². The molecule has 4 heteroatoms. The van der Waals surface area contributed by atoms with Crippen LogP contribution in [0.15, 0.2) is 29.2 Å². The number of rotatable bonds is 1. The summed E-state index contributed by atoms with van der Waals surface area (Å²) < 4.78 is 1.79. The Morgan fingerprint density at radius 1 is 1.35 bits per heavy atom. The van der Waals surface area contributed by atoms with E-state index in [1.165, 1.54) is 7.05 Å². The van der Waals surface area contributed by atoms with E-state index in [1.807, 2.05) is 32.2 Å². The van der Waals surface area contributed by atoms with E-state index >= 15 is 0 Å². The van der Waals surface area contributed by atoms with E-state index in [9.17, 15) is 9.59 Å². The number of pyridine rings is 1. The number of fused-ring (bicyclic) bond motifs is 1. The van der Waals surface area contributed by atoms with E-state index in [1.54, 1.807) is 10.8 Å². The van der Waals surface area contributed by atoms with Crippen LogP contribution in [0.1, 0.15) is 15.9 Å². The number of nitrogens with zero attached hydrogens (tertiary/aromatic N) is 1. The van der Waals surface area contributed by atoms with Gasteiger partial charge >= 0.3 is 0 Å². The van der Waals surface area contributed by atoms with Gasteiger partial charge in [-0.1, -0.05) is 11.6 Å². The molecule has 1 amide bonds. The highest BCUT2D eigenvalue weighted by molar-refractivity contribution is 5.97. The molecule has 0 bridgehead atoms. The van der Waals surface area contributed by atoms with Gasteiger partial charge in [0.05, 0.1) is 5.52 Å². The normalized spacial score (nSPS) is 10.5. The quantitative estimate of drug-likeness (QED) is 0.800. The Kier molecular flexibility index (Phi) is 2.71. The zero-order valence-electron chi connectivity index (χ0n) is 10.1. The van der Waals surface area contributed by atoms with E-state index in [0.717, 1.165) is 11.1 Å². The molecular formula is C13H14N2O2. The average molecular weight is 230 g/mol. The van der Waals surface area contributed by atoms with E-state index in [2.05, 4.69) is 5.32 Å². The maximum Gasteiger partial charge on any atom is 0.256 e. The van der Waals surface area contributed by atoms with Gasteiger partial charge in [0.2, 0.25) is 5.43 Å². The minimum atomic E-state index is -0.353. The summed E-state index contributed by atoms with van der Waals surface area (Å²) in [6.45, 7) is 1.92. The van der Waals surface area contributed by atoms with Crippen molar-refractivity contribution in [3.63, 3.8) is 0 Å². The van der Waals surface area contributed by atoms with Crippen molar-refractivity contribution in [2.24, 2.45) is 7.05 Å². The van der Waals surface area contributed by atoms with Crippen molar-refractivity contribution in [2.75, 3.05) is 7.05 Å². The summed E-state index contributed by atoms with van der Waals surface area (Å²) in [5.41, 5.74) is 1.78. The molecule has 0 spiro atoms. The zero-order valence-corrected chi connectivity index (χ0v) is 10.1. The van der Waals surface area contributed by atoms with Crippen molar-refractivity contribution >= 4 is 16.8 Å². The second-order valence-corrected chi connectivity index (χ2v) is 4.08. The van der Waals surface area contributed by atoms with E-state index < -0.39 is 0 Å². The molecule has 88 valence electrons. The molecule has 1 aromatic carbocycles. The second-order valence-electron chi connectivity index (χ2n) is 4.08. The van der Waals surface area contributed by atoms with Gasteiger partial charge in [-0.05, 0) is 19.1 Å². The summed E-state index contributed by atoms with van der Waals surface area (Å²) in [4.78, 5) is 23.7. The fraction of sp³-hybridized carbons (Fsp3) is 0.231. The van der Waals surface area contributed by atoms with Gasteiger partial charge < -0.3 is 9.88 Å². The monoisotopic (exact) mass is 230 g/mol. The molecule has 0 saturated heterocycles. The van der Waals surface area contributed by atoms with Crippen LogP contribution >= 0.6 is 0 Å². The summed E-state index contributed by atoms with van der Waals surface area (Å²) in [5, 5.41) is 3.05. The Bertz CT molecular complexity index is 656. The molecular weight excluding hydrogens is 216 g/mol. The Labute approximate surface area is 98.9 Å². The van der Waals surface area contributed by atoms with Crippen LogP contribution in [0.3, 0.4) is 0 Å². The lowest BCUT2D eigenvalue weighted by Gasteiger charge is -2.08. The number of amides is 1. The molecule has 17 heavy (non-hydrogen) atoms. The van der Waals surface area contributed by atoms with Crippen LogP contribution in [-0.4, -0.2) is 17.5 Å². The van der Waals surface area contributed by atoms with Crippen LogP contribution in [0.4, 0.5) is 0 Å². The maximum atomic E-state index is 12.2. The van der Waals surface area contributed by atoms with Gasteiger partial charge in [-0.3, -0.25) is 9.59 Å². The molecule has 2 aromatic rings. The van der Waals surface area contributed by atoms with Crippen molar-refractivity contribution in [3.05, 3.63) is 45.7 Å². The van der Waals surface area contributed by atoms with Crippen molar-refractivity contribution in [1.29, 1.82) is 0 Å². The average Bonchev–Trinajstić information content (AvgIpc) is 2.32. The van der Waals surface area contributed by atoms with Crippen molar-refractivity contribution in [3.8, 4) is 0 Å². The Morgan fingerprint density at radius 2 is 2.06 bits per heavy atom. The van der Waals surface area contributed by atoms with Gasteiger partial charge in [-0.25, -0.2) is 0 Å². The molecule has 2 rings (SSSR count). The number of carbonyl (C=O) groups is 1. The first-order valence-corrected chi connectivity index (χ1v) is 5.36. The van der Waals surface area contributed by atoms with Crippen LogP contribution in [0.5, 0.6) is 0 Å². The number of benzene rings is 1. The highest BCUT2D eigenvalue weighted by atomic mass is 16.2. The third-order valence-electron chi connectivity index (χ3n) is 2.82. The van der Waals surface area contributed by atoms with Gasteiger partial charge in [0.15, 0.2) is 0 Å². The van der Waals surface area contributed by atoms with Gasteiger partial charge in [0.25, 0.3) is 5.91 Å². The molecule has 1 N–H and O–H groups in total.